The number of nitrogens with zero attached hydrogens (tertiary/aromatic N) is 1. The van der Waals surface area contributed by atoms with Crippen molar-refractivity contribution in [1.82, 2.24) is 9.62 Å². The molecule has 4 nitrogen and oxygen atoms in total. The van der Waals surface area contributed by atoms with Crippen LogP contribution in [-0.4, -0.2) is 56.2 Å². The Bertz CT molecular complexity index is 315. The molecular formula is C11H26N2O2S2. The summed E-state index contributed by atoms with van der Waals surface area (Å²) in [6.07, 6.45) is 4.41. The summed E-state index contributed by atoms with van der Waals surface area (Å²) in [5.41, 5.74) is 0. The van der Waals surface area contributed by atoms with E-state index in [1.165, 1.54) is 10.6 Å². The van der Waals surface area contributed by atoms with Gasteiger partial charge in [0.2, 0.25) is 10.0 Å². The molecule has 0 rings (SSSR count). The molecule has 0 aliphatic heterocycles. The molecule has 0 aliphatic carbocycles. The second-order valence-electron chi connectivity index (χ2n) is 5.11. The molecule has 0 saturated heterocycles. The summed E-state index contributed by atoms with van der Waals surface area (Å²) in [4.78, 5) is 0. The van der Waals surface area contributed by atoms with Gasteiger partial charge in [-0.3, -0.25) is 0 Å². The topological polar surface area (TPSA) is 49.4 Å². The lowest BCUT2D eigenvalue weighted by Gasteiger charge is -2.27. The van der Waals surface area contributed by atoms with Crippen molar-refractivity contribution < 1.29 is 8.42 Å². The zero-order valence-electron chi connectivity index (χ0n) is 11.8. The molecule has 0 spiro atoms. The molecule has 0 heterocycles. The molecule has 0 saturated carbocycles. The lowest BCUT2D eigenvalue weighted by molar-refractivity contribution is 0.421. The number of hydrogen-bond acceptors (Lipinski definition) is 4. The van der Waals surface area contributed by atoms with Gasteiger partial charge < -0.3 is 5.32 Å². The van der Waals surface area contributed by atoms with Crippen molar-refractivity contribution >= 4 is 21.8 Å². The predicted molar refractivity (Wildman–Crippen MR) is 77.1 cm³/mol. The molecule has 0 bridgehead atoms. The third-order valence-electron chi connectivity index (χ3n) is 2.84. The van der Waals surface area contributed by atoms with Crippen LogP contribution in [0.15, 0.2) is 0 Å². The molecule has 0 radical (unpaired) electrons. The van der Waals surface area contributed by atoms with Crippen molar-refractivity contribution in [3.8, 4) is 0 Å². The van der Waals surface area contributed by atoms with E-state index in [0.717, 1.165) is 6.42 Å². The van der Waals surface area contributed by atoms with Crippen LogP contribution in [0.4, 0.5) is 0 Å². The van der Waals surface area contributed by atoms with E-state index in [9.17, 15) is 8.42 Å². The van der Waals surface area contributed by atoms with Crippen molar-refractivity contribution in [1.29, 1.82) is 0 Å². The van der Waals surface area contributed by atoms with E-state index in [0.29, 0.717) is 19.1 Å². The van der Waals surface area contributed by atoms with Crippen molar-refractivity contribution in [2.45, 2.75) is 38.0 Å². The third kappa shape index (κ3) is 8.02. The van der Waals surface area contributed by atoms with Crippen molar-refractivity contribution in [2.75, 3.05) is 32.6 Å². The second kappa shape index (κ2) is 6.97. The van der Waals surface area contributed by atoms with Gasteiger partial charge in [0.05, 0.1) is 6.26 Å². The zero-order chi connectivity index (χ0) is 13.7. The highest BCUT2D eigenvalue weighted by atomic mass is 32.2. The number of sulfonamides is 1. The van der Waals surface area contributed by atoms with Crippen LogP contribution in [0.3, 0.4) is 0 Å². The van der Waals surface area contributed by atoms with Crippen LogP contribution in [0, 0.1) is 0 Å². The Labute approximate surface area is 111 Å². The Kier molecular flexibility index (Phi) is 7.06. The van der Waals surface area contributed by atoms with E-state index in [4.69, 9.17) is 0 Å². The number of thioether (sulfide) groups is 1. The van der Waals surface area contributed by atoms with Gasteiger partial charge in [-0.1, -0.05) is 13.8 Å². The quantitative estimate of drug-likeness (QED) is 0.731. The average molecular weight is 282 g/mol. The van der Waals surface area contributed by atoms with Crippen molar-refractivity contribution in [2.24, 2.45) is 0 Å². The Hall–Kier alpha value is 0.220. The Morgan fingerprint density at radius 3 is 2.35 bits per heavy atom. The summed E-state index contributed by atoms with van der Waals surface area (Å²) >= 11 is 1.85. The van der Waals surface area contributed by atoms with Crippen LogP contribution in [0.2, 0.25) is 0 Å². The molecule has 0 aliphatic rings. The molecule has 0 aromatic carbocycles. The van der Waals surface area contributed by atoms with Gasteiger partial charge >= 0.3 is 0 Å². The van der Waals surface area contributed by atoms with Crippen molar-refractivity contribution in [3.05, 3.63) is 0 Å². The fraction of sp³-hybridized carbons (Fsp3) is 1.00. The van der Waals surface area contributed by atoms with Gasteiger partial charge in [-0.15, -0.1) is 0 Å². The molecule has 0 aromatic rings. The first-order chi connectivity index (χ1) is 7.58. The summed E-state index contributed by atoms with van der Waals surface area (Å²) in [6, 6.07) is 0.394. The summed E-state index contributed by atoms with van der Waals surface area (Å²) in [6.45, 7) is 7.79. The zero-order valence-corrected chi connectivity index (χ0v) is 13.4. The largest absolute Gasteiger partial charge is 0.313 e. The molecule has 1 unspecified atom stereocenters. The lowest BCUT2D eigenvalue weighted by Crippen LogP contribution is -2.38. The first kappa shape index (κ1) is 17.2. The average Bonchev–Trinajstić information content (AvgIpc) is 2.15. The van der Waals surface area contributed by atoms with Gasteiger partial charge in [-0.2, -0.15) is 11.8 Å². The van der Waals surface area contributed by atoms with Crippen molar-refractivity contribution in [3.63, 3.8) is 0 Å². The molecule has 17 heavy (non-hydrogen) atoms. The molecule has 1 N–H and O–H groups in total. The van der Waals surface area contributed by atoms with Gasteiger partial charge in [0.25, 0.3) is 0 Å². The standard InChI is InChI=1S/C11H26N2O2S2/c1-10(9-11(2,3)16-5)12-7-8-13(4)17(6,14)15/h10,12H,7-9H2,1-6H3. The summed E-state index contributed by atoms with van der Waals surface area (Å²) < 4.78 is 24.0. The summed E-state index contributed by atoms with van der Waals surface area (Å²) in [5.74, 6) is 0. The van der Waals surface area contributed by atoms with E-state index in [1.54, 1.807) is 7.05 Å². The first-order valence-electron chi connectivity index (χ1n) is 5.78. The first-order valence-corrected chi connectivity index (χ1v) is 8.85. The maximum Gasteiger partial charge on any atom is 0.210 e. The van der Waals surface area contributed by atoms with Gasteiger partial charge in [0.15, 0.2) is 0 Å². The highest BCUT2D eigenvalue weighted by Crippen LogP contribution is 2.26. The molecule has 0 aromatic heterocycles. The minimum Gasteiger partial charge on any atom is -0.313 e. The monoisotopic (exact) mass is 282 g/mol. The fourth-order valence-corrected chi connectivity index (χ4v) is 2.37. The Balaban J connectivity index is 3.91. The van der Waals surface area contributed by atoms with E-state index in [2.05, 4.69) is 32.3 Å². The van der Waals surface area contributed by atoms with Crippen LogP contribution in [0.1, 0.15) is 27.2 Å². The third-order valence-corrected chi connectivity index (χ3v) is 5.42. The molecule has 6 heteroatoms. The number of nitrogens with one attached hydrogen (secondary N) is 1. The van der Waals surface area contributed by atoms with E-state index in [1.807, 2.05) is 11.8 Å². The smallest absolute Gasteiger partial charge is 0.210 e. The van der Waals surface area contributed by atoms with Crippen LogP contribution >= 0.6 is 11.8 Å². The van der Waals surface area contributed by atoms with Gasteiger partial charge in [-0.25, -0.2) is 12.7 Å². The van der Waals surface area contributed by atoms with E-state index < -0.39 is 10.0 Å². The van der Waals surface area contributed by atoms with E-state index >= 15 is 0 Å². The molecule has 1 atom stereocenters. The number of likely N-dealkylation sites (N-methyl/N-ethyl adjacent to an activating group) is 1. The van der Waals surface area contributed by atoms with Crippen LogP contribution in [0.5, 0.6) is 0 Å². The minimum absolute atomic E-state index is 0.259. The number of hydrogen-bond donors (Lipinski definition) is 1. The van der Waals surface area contributed by atoms with Gasteiger partial charge in [-0.05, 0) is 19.6 Å². The molecule has 0 amide bonds. The molecular weight excluding hydrogens is 256 g/mol. The molecule has 104 valence electrons. The van der Waals surface area contributed by atoms with Crippen LogP contribution < -0.4 is 5.32 Å². The Morgan fingerprint density at radius 1 is 1.41 bits per heavy atom. The fourth-order valence-electron chi connectivity index (χ4n) is 1.53. The number of rotatable bonds is 8. The maximum atomic E-state index is 11.2. The minimum atomic E-state index is -3.05. The second-order valence-corrected chi connectivity index (χ2v) is 8.71. The van der Waals surface area contributed by atoms with Gasteiger partial charge in [0.1, 0.15) is 0 Å². The highest BCUT2D eigenvalue weighted by molar-refractivity contribution is 7.99. The highest BCUT2D eigenvalue weighted by Gasteiger charge is 2.19. The summed E-state index contributed by atoms with van der Waals surface area (Å²) in [7, 11) is -1.45. The van der Waals surface area contributed by atoms with Crippen LogP contribution in [-0.2, 0) is 10.0 Å². The molecule has 0 fully saturated rings. The van der Waals surface area contributed by atoms with Crippen LogP contribution in [0.25, 0.3) is 0 Å². The SMILES string of the molecule is CSC(C)(C)CC(C)NCCN(C)S(C)(=O)=O. The summed E-state index contributed by atoms with van der Waals surface area (Å²) in [5, 5.41) is 3.36. The lowest BCUT2D eigenvalue weighted by atomic mass is 10.0. The Morgan fingerprint density at radius 2 is 1.94 bits per heavy atom. The normalized spacial score (nSPS) is 15.2. The maximum absolute atomic E-state index is 11.2. The van der Waals surface area contributed by atoms with Gasteiger partial charge in [0, 0.05) is 30.9 Å². The predicted octanol–water partition coefficient (Wildman–Crippen LogP) is 1.39. The van der Waals surface area contributed by atoms with E-state index in [-0.39, 0.29) is 4.75 Å².